The number of carbonyl (C=O) groups excluding carboxylic acids is 1. The van der Waals surface area contributed by atoms with Crippen LogP contribution in [0.5, 0.6) is 0 Å². The van der Waals surface area contributed by atoms with E-state index >= 15 is 0 Å². The SMILES string of the molecule is O=C/C=C/c1ccc([C@@H]2CCCN2)cc1. The molecule has 0 aromatic heterocycles. The summed E-state index contributed by atoms with van der Waals surface area (Å²) in [6.07, 6.45) is 6.62. The smallest absolute Gasteiger partial charge is 0.142 e. The lowest BCUT2D eigenvalue weighted by Crippen LogP contribution is -2.12. The third-order valence-corrected chi connectivity index (χ3v) is 2.77. The van der Waals surface area contributed by atoms with E-state index < -0.39 is 0 Å². The van der Waals surface area contributed by atoms with E-state index in [1.54, 1.807) is 0 Å². The number of benzene rings is 1. The second-order valence-corrected chi connectivity index (χ2v) is 3.81. The Morgan fingerprint density at radius 3 is 2.67 bits per heavy atom. The topological polar surface area (TPSA) is 29.1 Å². The lowest BCUT2D eigenvalue weighted by molar-refractivity contribution is -0.104. The molecule has 0 aliphatic carbocycles. The first-order chi connectivity index (χ1) is 7.40. The van der Waals surface area contributed by atoms with Gasteiger partial charge in [0.15, 0.2) is 0 Å². The molecule has 78 valence electrons. The maximum absolute atomic E-state index is 10.2. The zero-order valence-corrected chi connectivity index (χ0v) is 8.65. The van der Waals surface area contributed by atoms with Crippen LogP contribution in [0, 0.1) is 0 Å². The first-order valence-electron chi connectivity index (χ1n) is 5.35. The fourth-order valence-electron chi connectivity index (χ4n) is 1.96. The first kappa shape index (κ1) is 10.1. The van der Waals surface area contributed by atoms with Crippen LogP contribution in [-0.4, -0.2) is 12.8 Å². The average molecular weight is 201 g/mol. The van der Waals surface area contributed by atoms with E-state index in [1.165, 1.54) is 24.5 Å². The van der Waals surface area contributed by atoms with Gasteiger partial charge in [-0.05, 0) is 36.6 Å². The molecule has 0 amide bonds. The zero-order chi connectivity index (χ0) is 10.5. The largest absolute Gasteiger partial charge is 0.310 e. The Labute approximate surface area is 90.0 Å². The van der Waals surface area contributed by atoms with E-state index in [0.29, 0.717) is 6.04 Å². The van der Waals surface area contributed by atoms with Crippen LogP contribution in [0.4, 0.5) is 0 Å². The Hall–Kier alpha value is -1.41. The van der Waals surface area contributed by atoms with Crippen LogP contribution in [-0.2, 0) is 4.79 Å². The van der Waals surface area contributed by atoms with Gasteiger partial charge in [-0.3, -0.25) is 4.79 Å². The number of hydrogen-bond acceptors (Lipinski definition) is 2. The molecule has 1 aromatic rings. The Morgan fingerprint density at radius 2 is 2.07 bits per heavy atom. The molecule has 2 heteroatoms. The van der Waals surface area contributed by atoms with Gasteiger partial charge in [0.25, 0.3) is 0 Å². The van der Waals surface area contributed by atoms with E-state index in [-0.39, 0.29) is 0 Å². The number of nitrogens with one attached hydrogen (secondary N) is 1. The molecular formula is C13H15NO. The van der Waals surface area contributed by atoms with Crippen molar-refractivity contribution in [3.05, 3.63) is 41.5 Å². The van der Waals surface area contributed by atoms with Gasteiger partial charge in [0, 0.05) is 6.04 Å². The zero-order valence-electron chi connectivity index (χ0n) is 8.65. The maximum Gasteiger partial charge on any atom is 0.142 e. The first-order valence-corrected chi connectivity index (χ1v) is 5.35. The highest BCUT2D eigenvalue weighted by Gasteiger charge is 2.15. The van der Waals surface area contributed by atoms with Crippen LogP contribution >= 0.6 is 0 Å². The summed E-state index contributed by atoms with van der Waals surface area (Å²) in [6.45, 7) is 1.12. The van der Waals surface area contributed by atoms with Gasteiger partial charge in [-0.1, -0.05) is 30.3 Å². The van der Waals surface area contributed by atoms with Gasteiger partial charge >= 0.3 is 0 Å². The fourth-order valence-corrected chi connectivity index (χ4v) is 1.96. The standard InChI is InChI=1S/C13H15NO/c15-10-2-3-11-5-7-12(8-6-11)13-4-1-9-14-13/h2-3,5-8,10,13-14H,1,4,9H2/b3-2+/t13-/m0/s1. The number of aldehydes is 1. The van der Waals surface area contributed by atoms with Gasteiger partial charge < -0.3 is 5.32 Å². The van der Waals surface area contributed by atoms with Crippen LogP contribution in [0.25, 0.3) is 6.08 Å². The van der Waals surface area contributed by atoms with Crippen LogP contribution < -0.4 is 5.32 Å². The summed E-state index contributed by atoms with van der Waals surface area (Å²) in [5.74, 6) is 0. The molecule has 1 aliphatic rings. The van der Waals surface area contributed by atoms with Crippen molar-refractivity contribution in [1.82, 2.24) is 5.32 Å². The van der Waals surface area contributed by atoms with E-state index in [4.69, 9.17) is 0 Å². The van der Waals surface area contributed by atoms with Crippen LogP contribution in [0.2, 0.25) is 0 Å². The highest BCUT2D eigenvalue weighted by atomic mass is 16.1. The molecule has 0 bridgehead atoms. The highest BCUT2D eigenvalue weighted by molar-refractivity contribution is 5.73. The van der Waals surface area contributed by atoms with Gasteiger partial charge in [-0.2, -0.15) is 0 Å². The number of allylic oxidation sites excluding steroid dienone is 1. The average Bonchev–Trinajstić information content (AvgIpc) is 2.80. The van der Waals surface area contributed by atoms with Crippen molar-refractivity contribution in [2.75, 3.05) is 6.54 Å². The van der Waals surface area contributed by atoms with Crippen molar-refractivity contribution < 1.29 is 4.79 Å². The number of carbonyl (C=O) groups is 1. The van der Waals surface area contributed by atoms with E-state index in [0.717, 1.165) is 18.4 Å². The quantitative estimate of drug-likeness (QED) is 0.600. The predicted molar refractivity (Wildman–Crippen MR) is 61.5 cm³/mol. The summed E-state index contributed by atoms with van der Waals surface area (Å²) in [6, 6.07) is 8.89. The molecule has 2 rings (SSSR count). The molecule has 1 heterocycles. The number of hydrogen-bond donors (Lipinski definition) is 1. The van der Waals surface area contributed by atoms with Crippen LogP contribution in [0.1, 0.15) is 30.0 Å². The minimum atomic E-state index is 0.522. The molecule has 0 unspecified atom stereocenters. The normalized spacial score (nSPS) is 20.9. The van der Waals surface area contributed by atoms with Gasteiger partial charge in [-0.25, -0.2) is 0 Å². The summed E-state index contributed by atoms with van der Waals surface area (Å²) in [7, 11) is 0. The van der Waals surface area contributed by atoms with Crippen molar-refractivity contribution in [1.29, 1.82) is 0 Å². The molecule has 0 radical (unpaired) electrons. The van der Waals surface area contributed by atoms with Gasteiger partial charge in [0.05, 0.1) is 0 Å². The third kappa shape index (κ3) is 2.54. The molecule has 1 fully saturated rings. The van der Waals surface area contributed by atoms with Crippen molar-refractivity contribution in [3.63, 3.8) is 0 Å². The molecule has 15 heavy (non-hydrogen) atoms. The molecular weight excluding hydrogens is 186 g/mol. The van der Waals surface area contributed by atoms with Gasteiger partial charge in [0.2, 0.25) is 0 Å². The summed E-state index contributed by atoms with van der Waals surface area (Å²) in [5, 5.41) is 3.46. The fraction of sp³-hybridized carbons (Fsp3) is 0.308. The summed E-state index contributed by atoms with van der Waals surface area (Å²) >= 11 is 0. The second kappa shape index (κ2) is 4.89. The minimum absolute atomic E-state index is 0.522. The Kier molecular flexibility index (Phi) is 3.30. The Bertz CT molecular complexity index is 347. The predicted octanol–water partition coefficient (Wildman–Crippen LogP) is 2.32. The Balaban J connectivity index is 2.09. The van der Waals surface area contributed by atoms with Crippen molar-refractivity contribution in [2.45, 2.75) is 18.9 Å². The molecule has 2 nitrogen and oxygen atoms in total. The molecule has 1 aromatic carbocycles. The lowest BCUT2D eigenvalue weighted by atomic mass is 10.0. The third-order valence-electron chi connectivity index (χ3n) is 2.77. The lowest BCUT2D eigenvalue weighted by Gasteiger charge is -2.10. The minimum Gasteiger partial charge on any atom is -0.310 e. The summed E-state index contributed by atoms with van der Waals surface area (Å²) in [5.41, 5.74) is 2.42. The second-order valence-electron chi connectivity index (χ2n) is 3.81. The van der Waals surface area contributed by atoms with Crippen molar-refractivity contribution in [2.24, 2.45) is 0 Å². The summed E-state index contributed by atoms with van der Waals surface area (Å²) in [4.78, 5) is 10.2. The Morgan fingerprint density at radius 1 is 1.27 bits per heavy atom. The number of rotatable bonds is 3. The molecule has 1 aliphatic heterocycles. The molecule has 1 N–H and O–H groups in total. The van der Waals surface area contributed by atoms with E-state index in [2.05, 4.69) is 29.6 Å². The molecule has 1 atom stereocenters. The highest BCUT2D eigenvalue weighted by Crippen LogP contribution is 2.23. The molecule has 0 spiro atoms. The summed E-state index contributed by atoms with van der Waals surface area (Å²) < 4.78 is 0. The monoisotopic (exact) mass is 201 g/mol. The van der Waals surface area contributed by atoms with Crippen molar-refractivity contribution >= 4 is 12.4 Å². The van der Waals surface area contributed by atoms with Crippen molar-refractivity contribution in [3.8, 4) is 0 Å². The van der Waals surface area contributed by atoms with E-state index in [9.17, 15) is 4.79 Å². The van der Waals surface area contributed by atoms with E-state index in [1.807, 2.05) is 6.08 Å². The molecule has 0 saturated carbocycles. The van der Waals surface area contributed by atoms with Crippen LogP contribution in [0.3, 0.4) is 0 Å². The molecule has 1 saturated heterocycles. The van der Waals surface area contributed by atoms with Crippen LogP contribution in [0.15, 0.2) is 30.3 Å². The van der Waals surface area contributed by atoms with Gasteiger partial charge in [0.1, 0.15) is 6.29 Å². The maximum atomic E-state index is 10.2. The van der Waals surface area contributed by atoms with Gasteiger partial charge in [-0.15, -0.1) is 0 Å².